The first-order valence-electron chi connectivity index (χ1n) is 6.03. The van der Waals surface area contributed by atoms with E-state index in [1.165, 1.54) is 6.07 Å². The van der Waals surface area contributed by atoms with E-state index in [1.54, 1.807) is 0 Å². The van der Waals surface area contributed by atoms with Crippen molar-refractivity contribution in [2.24, 2.45) is 0 Å². The van der Waals surface area contributed by atoms with Crippen LogP contribution in [0.3, 0.4) is 0 Å². The minimum atomic E-state index is -4.14. The number of carbonyl (C=O) groups is 1. The molecular formula is C12H6BrF2NO6S2. The molecule has 0 radical (unpaired) electrons. The molecule has 0 atom stereocenters. The van der Waals surface area contributed by atoms with Gasteiger partial charge in [-0.2, -0.15) is 0 Å². The predicted molar refractivity (Wildman–Crippen MR) is 82.4 cm³/mol. The Morgan fingerprint density at radius 2 is 1.92 bits per heavy atom. The van der Waals surface area contributed by atoms with Crippen LogP contribution in [0.4, 0.5) is 14.5 Å². The van der Waals surface area contributed by atoms with Crippen LogP contribution in [0, 0.1) is 0 Å². The van der Waals surface area contributed by atoms with Crippen LogP contribution in [0.2, 0.25) is 0 Å². The van der Waals surface area contributed by atoms with Crippen molar-refractivity contribution in [3.05, 3.63) is 32.9 Å². The summed E-state index contributed by atoms with van der Waals surface area (Å²) in [5, 5.41) is 8.91. The largest absolute Gasteiger partial charge is 0.586 e. The van der Waals surface area contributed by atoms with Gasteiger partial charge in [0.2, 0.25) is 0 Å². The number of rotatable bonds is 4. The lowest BCUT2D eigenvalue weighted by Gasteiger charge is -2.07. The summed E-state index contributed by atoms with van der Waals surface area (Å²) < 4.78 is 61.3. The lowest BCUT2D eigenvalue weighted by molar-refractivity contribution is -0.286. The minimum Gasteiger partial charge on any atom is -0.477 e. The number of carboxylic acids is 1. The van der Waals surface area contributed by atoms with Crippen molar-refractivity contribution in [1.29, 1.82) is 0 Å². The number of carboxylic acid groups (broad SMARTS) is 1. The molecular weight excluding hydrogens is 436 g/mol. The number of fused-ring (bicyclic) bond motifs is 1. The molecule has 0 aliphatic carbocycles. The highest BCUT2D eigenvalue weighted by molar-refractivity contribution is 9.11. The monoisotopic (exact) mass is 441 g/mol. The molecule has 7 nitrogen and oxygen atoms in total. The maximum absolute atomic E-state index is 13.0. The van der Waals surface area contributed by atoms with Gasteiger partial charge in [-0.3, -0.25) is 4.72 Å². The molecule has 1 aromatic carbocycles. The molecule has 0 bridgehead atoms. The number of sulfonamides is 1. The fourth-order valence-corrected chi connectivity index (χ4v) is 5.32. The van der Waals surface area contributed by atoms with E-state index >= 15 is 0 Å². The molecule has 0 saturated carbocycles. The van der Waals surface area contributed by atoms with Gasteiger partial charge >= 0.3 is 12.3 Å². The molecule has 0 fully saturated rings. The number of aromatic carboxylic acids is 1. The number of nitrogens with one attached hydrogen (secondary N) is 1. The van der Waals surface area contributed by atoms with E-state index in [2.05, 4.69) is 30.1 Å². The topological polar surface area (TPSA) is 102 Å². The number of halogens is 3. The fourth-order valence-electron chi connectivity index (χ4n) is 1.86. The fraction of sp³-hybridized carbons (Fsp3) is 0.0833. The predicted octanol–water partition coefficient (Wildman–Crippen LogP) is 3.33. The SMILES string of the molecule is O=C(O)c1cc(S(=O)(=O)Nc2ccc3c(c2)OC(F)(F)O3)c(Br)s1. The summed E-state index contributed by atoms with van der Waals surface area (Å²) in [6.07, 6.45) is -3.81. The Bertz CT molecular complexity index is 943. The summed E-state index contributed by atoms with van der Waals surface area (Å²) in [6.45, 7) is 0. The van der Waals surface area contributed by atoms with Crippen LogP contribution in [0.25, 0.3) is 0 Å². The molecule has 0 amide bonds. The van der Waals surface area contributed by atoms with E-state index in [9.17, 15) is 22.0 Å². The van der Waals surface area contributed by atoms with E-state index in [-0.39, 0.29) is 30.7 Å². The van der Waals surface area contributed by atoms with Gasteiger partial charge in [-0.05, 0) is 34.1 Å². The summed E-state index contributed by atoms with van der Waals surface area (Å²) >= 11 is 3.73. The number of ether oxygens (including phenoxy) is 2. The van der Waals surface area contributed by atoms with Crippen LogP contribution in [0.15, 0.2) is 32.9 Å². The third-order valence-corrected chi connectivity index (χ3v) is 6.43. The van der Waals surface area contributed by atoms with Gasteiger partial charge in [0.1, 0.15) is 9.77 Å². The van der Waals surface area contributed by atoms with Gasteiger partial charge < -0.3 is 14.6 Å². The highest BCUT2D eigenvalue weighted by Crippen LogP contribution is 2.42. The smallest absolute Gasteiger partial charge is 0.477 e. The average molecular weight is 442 g/mol. The highest BCUT2D eigenvalue weighted by atomic mass is 79.9. The molecule has 0 saturated heterocycles. The van der Waals surface area contributed by atoms with Gasteiger partial charge in [-0.15, -0.1) is 20.1 Å². The molecule has 2 heterocycles. The van der Waals surface area contributed by atoms with Crippen LogP contribution in [-0.2, 0) is 10.0 Å². The molecule has 2 N–H and O–H groups in total. The number of anilines is 1. The third kappa shape index (κ3) is 3.16. The van der Waals surface area contributed by atoms with Crippen molar-refractivity contribution in [2.75, 3.05) is 4.72 Å². The first-order chi connectivity index (χ1) is 11.1. The van der Waals surface area contributed by atoms with Crippen LogP contribution >= 0.6 is 27.3 Å². The second kappa shape index (κ2) is 5.57. The molecule has 1 aromatic heterocycles. The Morgan fingerprint density at radius 1 is 1.25 bits per heavy atom. The molecule has 128 valence electrons. The summed E-state index contributed by atoms with van der Waals surface area (Å²) in [5.41, 5.74) is -0.0509. The maximum atomic E-state index is 13.0. The summed E-state index contributed by atoms with van der Waals surface area (Å²) in [4.78, 5) is 10.5. The maximum Gasteiger partial charge on any atom is 0.586 e. The van der Waals surface area contributed by atoms with Crippen molar-refractivity contribution in [2.45, 2.75) is 11.2 Å². The standard InChI is InChI=1S/C12H6BrF2NO6S2/c13-10-9(4-8(23-10)11(17)18)24(19,20)16-5-1-2-6-7(3-5)22-12(14,15)21-6/h1-4,16H,(H,17,18). The van der Waals surface area contributed by atoms with Crippen LogP contribution in [0.5, 0.6) is 11.5 Å². The van der Waals surface area contributed by atoms with E-state index in [4.69, 9.17) is 5.11 Å². The second-order valence-corrected chi connectivity index (χ2v) is 8.51. The van der Waals surface area contributed by atoms with Gasteiger partial charge in [0.05, 0.1) is 9.47 Å². The van der Waals surface area contributed by atoms with E-state index in [0.717, 1.165) is 29.5 Å². The zero-order chi connectivity index (χ0) is 17.7. The second-order valence-electron chi connectivity index (χ2n) is 4.49. The van der Waals surface area contributed by atoms with Gasteiger partial charge in [-0.25, -0.2) is 13.2 Å². The molecule has 2 aromatic rings. The van der Waals surface area contributed by atoms with Gasteiger partial charge in [0.25, 0.3) is 10.0 Å². The Hall–Kier alpha value is -1.92. The van der Waals surface area contributed by atoms with Gasteiger partial charge in [0.15, 0.2) is 11.5 Å². The molecule has 0 spiro atoms. The zero-order valence-corrected chi connectivity index (χ0v) is 14.5. The Balaban J connectivity index is 1.90. The number of thiophene rings is 1. The number of hydrogen-bond acceptors (Lipinski definition) is 6. The number of alkyl halides is 2. The van der Waals surface area contributed by atoms with Crippen LogP contribution in [0.1, 0.15) is 9.67 Å². The lowest BCUT2D eigenvalue weighted by atomic mass is 10.3. The number of benzene rings is 1. The van der Waals surface area contributed by atoms with E-state index in [0.29, 0.717) is 0 Å². The zero-order valence-electron chi connectivity index (χ0n) is 11.2. The Morgan fingerprint density at radius 3 is 2.54 bits per heavy atom. The minimum absolute atomic E-state index is 0.0509. The van der Waals surface area contributed by atoms with Crippen molar-refractivity contribution in [3.8, 4) is 11.5 Å². The normalized spacial score (nSPS) is 15.3. The van der Waals surface area contributed by atoms with Gasteiger partial charge in [0, 0.05) is 6.07 Å². The molecule has 24 heavy (non-hydrogen) atoms. The van der Waals surface area contributed by atoms with Crippen molar-refractivity contribution in [3.63, 3.8) is 0 Å². The van der Waals surface area contributed by atoms with Crippen molar-refractivity contribution < 1.29 is 36.6 Å². The quantitative estimate of drug-likeness (QED) is 0.754. The molecule has 12 heteroatoms. The molecule has 3 rings (SSSR count). The average Bonchev–Trinajstić information content (AvgIpc) is 2.97. The van der Waals surface area contributed by atoms with Crippen LogP contribution < -0.4 is 14.2 Å². The summed E-state index contributed by atoms with van der Waals surface area (Å²) in [5.74, 6) is -1.82. The van der Waals surface area contributed by atoms with Gasteiger partial charge in [-0.1, -0.05) is 0 Å². The van der Waals surface area contributed by atoms with E-state index in [1.807, 2.05) is 0 Å². The molecule has 1 aliphatic heterocycles. The summed E-state index contributed by atoms with van der Waals surface area (Å²) in [7, 11) is -4.14. The first-order valence-corrected chi connectivity index (χ1v) is 9.12. The highest BCUT2D eigenvalue weighted by Gasteiger charge is 2.43. The van der Waals surface area contributed by atoms with Crippen molar-refractivity contribution >= 4 is 48.9 Å². The van der Waals surface area contributed by atoms with E-state index < -0.39 is 22.3 Å². The first kappa shape index (κ1) is 16.9. The molecule has 1 aliphatic rings. The third-order valence-electron chi connectivity index (χ3n) is 2.81. The number of hydrogen-bond donors (Lipinski definition) is 2. The van der Waals surface area contributed by atoms with Crippen LogP contribution in [-0.4, -0.2) is 25.8 Å². The lowest BCUT2D eigenvalue weighted by Crippen LogP contribution is -2.25. The Labute approximate surface area is 146 Å². The van der Waals surface area contributed by atoms with Crippen molar-refractivity contribution in [1.82, 2.24) is 0 Å². The summed E-state index contributed by atoms with van der Waals surface area (Å²) in [6, 6.07) is 4.35. The Kier molecular flexibility index (Phi) is 3.92. The molecule has 0 unspecified atom stereocenters.